The summed E-state index contributed by atoms with van der Waals surface area (Å²) in [6.45, 7) is 5.18. The van der Waals surface area contributed by atoms with E-state index >= 15 is 0 Å². The van der Waals surface area contributed by atoms with Gasteiger partial charge in [-0.1, -0.05) is 194 Å². The molecule has 0 aliphatic rings. The molecule has 2 amide bonds. The Hall–Kier alpha value is -0.810. The molecule has 0 aromatic heterocycles. The van der Waals surface area contributed by atoms with Crippen molar-refractivity contribution in [1.82, 2.24) is 15.5 Å². The lowest BCUT2D eigenvalue weighted by Gasteiger charge is -2.23. The fraction of sp³-hybridized carbons (Fsp3) is 0.950. The minimum Gasteiger partial charge on any atom is -0.335 e. The number of likely N-dealkylation sites (N-methyl/N-ethyl adjacent to an activating group) is 1. The van der Waals surface area contributed by atoms with Gasteiger partial charge in [0.25, 0.3) is 0 Å². The van der Waals surface area contributed by atoms with Crippen LogP contribution in [0.25, 0.3) is 0 Å². The van der Waals surface area contributed by atoms with E-state index in [9.17, 15) is 9.59 Å². The van der Waals surface area contributed by atoms with Crippen molar-refractivity contribution in [1.29, 1.82) is 0 Å². The van der Waals surface area contributed by atoms with Crippen LogP contribution in [0, 0.1) is 0 Å². The summed E-state index contributed by atoms with van der Waals surface area (Å²) in [5.74, 6) is 0.118. The zero-order valence-electron chi connectivity index (χ0n) is 31.6. The third kappa shape index (κ3) is 37.6. The normalized spacial score (nSPS) is 11.3. The first kappa shape index (κ1) is 47.3. The molecule has 0 unspecified atom stereocenters. The van der Waals surface area contributed by atoms with Crippen LogP contribution in [0.4, 0.5) is 0 Å². The molecular formula is C40H82ClN3O2. The zero-order chi connectivity index (χ0) is 33.1. The predicted octanol–water partition coefficient (Wildman–Crippen LogP) is 12.1. The van der Waals surface area contributed by atoms with Crippen LogP contribution >= 0.6 is 12.4 Å². The Morgan fingerprint density at radius 3 is 0.848 bits per heavy atom. The molecule has 0 atom stereocenters. The third-order valence-electron chi connectivity index (χ3n) is 9.23. The number of carbonyl (C=O) groups excluding carboxylic acids is 2. The van der Waals surface area contributed by atoms with Crippen molar-refractivity contribution in [2.75, 3.05) is 20.6 Å². The second-order valence-electron chi connectivity index (χ2n) is 14.3. The van der Waals surface area contributed by atoms with E-state index in [0.29, 0.717) is 19.4 Å². The number of hydrogen-bond acceptors (Lipinski definition) is 3. The molecule has 0 spiro atoms. The summed E-state index contributed by atoms with van der Waals surface area (Å²) in [5, 5.41) is 6.14. The average Bonchev–Trinajstić information content (AvgIpc) is 3.00. The molecular weight excluding hydrogens is 590 g/mol. The number of rotatable bonds is 36. The van der Waals surface area contributed by atoms with Gasteiger partial charge in [-0.15, -0.1) is 12.4 Å². The van der Waals surface area contributed by atoms with Crippen molar-refractivity contribution in [3.63, 3.8) is 0 Å². The topological polar surface area (TPSA) is 61.4 Å². The van der Waals surface area contributed by atoms with Crippen LogP contribution in [0.2, 0.25) is 0 Å². The van der Waals surface area contributed by atoms with Gasteiger partial charge in [0.05, 0.1) is 0 Å². The highest BCUT2D eigenvalue weighted by Gasteiger charge is 2.15. The lowest BCUT2D eigenvalue weighted by Crippen LogP contribution is -2.52. The summed E-state index contributed by atoms with van der Waals surface area (Å²) in [5.41, 5.74) is 0. The summed E-state index contributed by atoms with van der Waals surface area (Å²) in [7, 11) is 3.96. The van der Waals surface area contributed by atoms with Crippen LogP contribution in [-0.4, -0.2) is 43.5 Å². The Morgan fingerprint density at radius 1 is 0.413 bits per heavy atom. The molecule has 0 aromatic carbocycles. The summed E-state index contributed by atoms with van der Waals surface area (Å²) < 4.78 is 0. The number of nitrogens with one attached hydrogen (secondary N) is 2. The minimum absolute atomic E-state index is 0. The SMILES string of the molecule is CCCCCCCCCCCCCCCCCC(=O)NC(CN(C)C)NC(=O)CCCCCCCCCCCCCCCCC.Cl. The summed E-state index contributed by atoms with van der Waals surface area (Å²) in [6, 6.07) is 0. The number of unbranched alkanes of at least 4 members (excludes halogenated alkanes) is 28. The van der Waals surface area contributed by atoms with Gasteiger partial charge in [0, 0.05) is 19.4 Å². The molecule has 46 heavy (non-hydrogen) atoms. The van der Waals surface area contributed by atoms with E-state index in [2.05, 4.69) is 24.5 Å². The number of nitrogens with zero attached hydrogens (tertiary/aromatic N) is 1. The molecule has 0 rings (SSSR count). The molecule has 0 heterocycles. The first-order valence-electron chi connectivity index (χ1n) is 20.2. The van der Waals surface area contributed by atoms with E-state index in [0.717, 1.165) is 25.7 Å². The van der Waals surface area contributed by atoms with Crippen LogP contribution in [0.15, 0.2) is 0 Å². The van der Waals surface area contributed by atoms with Gasteiger partial charge in [0.15, 0.2) is 0 Å². The Bertz CT molecular complexity index is 584. The zero-order valence-corrected chi connectivity index (χ0v) is 32.4. The van der Waals surface area contributed by atoms with Gasteiger partial charge in [-0.3, -0.25) is 9.59 Å². The van der Waals surface area contributed by atoms with Gasteiger partial charge in [-0.05, 0) is 26.9 Å². The van der Waals surface area contributed by atoms with Gasteiger partial charge in [-0.2, -0.15) is 0 Å². The van der Waals surface area contributed by atoms with Crippen LogP contribution in [0.5, 0.6) is 0 Å². The Morgan fingerprint density at radius 2 is 0.630 bits per heavy atom. The summed E-state index contributed by atoms with van der Waals surface area (Å²) in [4.78, 5) is 27.2. The van der Waals surface area contributed by atoms with Gasteiger partial charge < -0.3 is 15.5 Å². The first-order chi connectivity index (χ1) is 22.0. The Labute approximate surface area is 294 Å². The van der Waals surface area contributed by atoms with Crippen molar-refractivity contribution >= 4 is 24.2 Å². The summed E-state index contributed by atoms with van der Waals surface area (Å²) >= 11 is 0. The van der Waals surface area contributed by atoms with E-state index in [-0.39, 0.29) is 30.4 Å². The molecule has 0 fully saturated rings. The second kappa shape index (κ2) is 38.6. The van der Waals surface area contributed by atoms with Crippen molar-refractivity contribution < 1.29 is 9.59 Å². The quantitative estimate of drug-likeness (QED) is 0.0514. The highest BCUT2D eigenvalue weighted by Crippen LogP contribution is 2.15. The molecule has 0 aromatic rings. The molecule has 0 saturated carbocycles. The van der Waals surface area contributed by atoms with Crippen molar-refractivity contribution in [3.05, 3.63) is 0 Å². The fourth-order valence-electron chi connectivity index (χ4n) is 6.34. The molecule has 0 aliphatic heterocycles. The van der Waals surface area contributed by atoms with Gasteiger partial charge in [-0.25, -0.2) is 0 Å². The maximum absolute atomic E-state index is 12.6. The van der Waals surface area contributed by atoms with E-state index in [1.54, 1.807) is 0 Å². The highest BCUT2D eigenvalue weighted by molar-refractivity contribution is 5.85. The molecule has 0 bridgehead atoms. The Kier molecular flexibility index (Phi) is 39.7. The monoisotopic (exact) mass is 672 g/mol. The molecule has 0 saturated heterocycles. The van der Waals surface area contributed by atoms with Gasteiger partial charge in [0.2, 0.25) is 11.8 Å². The summed E-state index contributed by atoms with van der Waals surface area (Å²) in [6.07, 6.45) is 40.6. The standard InChI is InChI=1S/C40H81N3O2.ClH/c1-5-7-9-11-13-15-17-19-21-23-25-27-29-31-33-35-39(44)41-38(37-43(3)4)42-40(45)36-34-32-30-28-26-24-22-20-18-16-14-12-10-8-6-2;/h38H,5-37H2,1-4H3,(H,41,44)(H,42,45);1H. The van der Waals surface area contributed by atoms with Crippen molar-refractivity contribution in [2.24, 2.45) is 0 Å². The molecule has 0 radical (unpaired) electrons. The largest absolute Gasteiger partial charge is 0.335 e. The number of amides is 2. The van der Waals surface area contributed by atoms with Gasteiger partial charge >= 0.3 is 0 Å². The maximum Gasteiger partial charge on any atom is 0.221 e. The fourth-order valence-corrected chi connectivity index (χ4v) is 6.34. The average molecular weight is 673 g/mol. The van der Waals surface area contributed by atoms with Crippen LogP contribution in [0.1, 0.15) is 219 Å². The first-order valence-corrected chi connectivity index (χ1v) is 20.2. The third-order valence-corrected chi connectivity index (χ3v) is 9.23. The maximum atomic E-state index is 12.6. The number of hydrogen-bond donors (Lipinski definition) is 2. The number of carbonyl (C=O) groups is 2. The van der Waals surface area contributed by atoms with E-state index in [4.69, 9.17) is 0 Å². The lowest BCUT2D eigenvalue weighted by atomic mass is 10.0. The molecule has 6 heteroatoms. The second-order valence-corrected chi connectivity index (χ2v) is 14.3. The molecule has 5 nitrogen and oxygen atoms in total. The minimum atomic E-state index is -0.312. The van der Waals surface area contributed by atoms with Crippen LogP contribution in [-0.2, 0) is 9.59 Å². The van der Waals surface area contributed by atoms with Crippen LogP contribution < -0.4 is 10.6 Å². The predicted molar refractivity (Wildman–Crippen MR) is 205 cm³/mol. The molecule has 0 aliphatic carbocycles. The van der Waals surface area contributed by atoms with Crippen molar-refractivity contribution in [2.45, 2.75) is 225 Å². The van der Waals surface area contributed by atoms with E-state index < -0.39 is 0 Å². The smallest absolute Gasteiger partial charge is 0.221 e. The lowest BCUT2D eigenvalue weighted by molar-refractivity contribution is -0.124. The Balaban J connectivity index is 0. The van der Waals surface area contributed by atoms with E-state index in [1.165, 1.54) is 167 Å². The highest BCUT2D eigenvalue weighted by atomic mass is 35.5. The molecule has 2 N–H and O–H groups in total. The molecule has 276 valence electrons. The van der Waals surface area contributed by atoms with Crippen LogP contribution in [0.3, 0.4) is 0 Å². The van der Waals surface area contributed by atoms with Crippen molar-refractivity contribution in [3.8, 4) is 0 Å². The van der Waals surface area contributed by atoms with E-state index in [1.807, 2.05) is 19.0 Å². The van der Waals surface area contributed by atoms with Gasteiger partial charge in [0.1, 0.15) is 6.17 Å². The number of halogens is 1.